The molecule has 1 fully saturated rings. The van der Waals surface area contributed by atoms with Crippen LogP contribution in [-0.4, -0.2) is 16.3 Å². The van der Waals surface area contributed by atoms with Crippen molar-refractivity contribution < 1.29 is 10.2 Å². The van der Waals surface area contributed by atoms with Crippen molar-refractivity contribution in [3.05, 3.63) is 29.8 Å². The zero-order valence-corrected chi connectivity index (χ0v) is 11.3. The number of phenols is 1. The molecule has 1 aromatic carbocycles. The molecule has 1 aliphatic rings. The van der Waals surface area contributed by atoms with Crippen LogP contribution in [0.1, 0.15) is 51.0 Å². The van der Waals surface area contributed by atoms with Gasteiger partial charge in [-0.1, -0.05) is 38.8 Å². The minimum Gasteiger partial charge on any atom is -0.508 e. The van der Waals surface area contributed by atoms with Gasteiger partial charge in [-0.05, 0) is 48.3 Å². The van der Waals surface area contributed by atoms with Crippen LogP contribution < -0.4 is 0 Å². The summed E-state index contributed by atoms with van der Waals surface area (Å²) < 4.78 is 0. The molecule has 1 aliphatic carbocycles. The Bertz CT molecular complexity index is 369. The Hall–Kier alpha value is -1.02. The predicted octanol–water partition coefficient (Wildman–Crippen LogP) is 3.68. The van der Waals surface area contributed by atoms with Gasteiger partial charge in [0.05, 0.1) is 6.10 Å². The summed E-state index contributed by atoms with van der Waals surface area (Å²) >= 11 is 0. The largest absolute Gasteiger partial charge is 0.508 e. The number of hydrogen-bond acceptors (Lipinski definition) is 2. The van der Waals surface area contributed by atoms with E-state index in [2.05, 4.69) is 13.8 Å². The molecule has 2 heteroatoms. The Labute approximate surface area is 110 Å². The van der Waals surface area contributed by atoms with Gasteiger partial charge in [0.25, 0.3) is 0 Å². The van der Waals surface area contributed by atoms with Crippen LogP contribution in [0, 0.1) is 11.8 Å². The zero-order chi connectivity index (χ0) is 13.1. The topological polar surface area (TPSA) is 40.5 Å². The smallest absolute Gasteiger partial charge is 0.115 e. The molecule has 0 radical (unpaired) electrons. The Balaban J connectivity index is 2.24. The van der Waals surface area contributed by atoms with E-state index in [1.165, 1.54) is 12.0 Å². The van der Waals surface area contributed by atoms with Gasteiger partial charge in [-0.2, -0.15) is 0 Å². The SMILES string of the molecule is CC(C)C(c1ccc(O)cc1)C1CCCCC1O. The molecule has 2 N–H and O–H groups in total. The Morgan fingerprint density at radius 1 is 1.06 bits per heavy atom. The maximum Gasteiger partial charge on any atom is 0.115 e. The maximum absolute atomic E-state index is 10.3. The van der Waals surface area contributed by atoms with Crippen LogP contribution in [0.5, 0.6) is 5.75 Å². The third-order valence-electron chi connectivity index (χ3n) is 4.24. The van der Waals surface area contributed by atoms with E-state index >= 15 is 0 Å². The molecule has 18 heavy (non-hydrogen) atoms. The summed E-state index contributed by atoms with van der Waals surface area (Å²) in [6.07, 6.45) is 4.26. The third-order valence-corrected chi connectivity index (χ3v) is 4.24. The van der Waals surface area contributed by atoms with E-state index in [1.807, 2.05) is 12.1 Å². The summed E-state index contributed by atoms with van der Waals surface area (Å²) in [5.74, 6) is 1.57. The number of rotatable bonds is 3. The highest BCUT2D eigenvalue weighted by atomic mass is 16.3. The van der Waals surface area contributed by atoms with Crippen LogP contribution in [0.2, 0.25) is 0 Å². The second-order valence-corrected chi connectivity index (χ2v) is 5.88. The molecule has 0 spiro atoms. The van der Waals surface area contributed by atoms with Crippen molar-refractivity contribution in [3.8, 4) is 5.75 Å². The first-order chi connectivity index (χ1) is 8.59. The summed E-state index contributed by atoms with van der Waals surface area (Å²) in [5, 5.41) is 19.6. The van der Waals surface area contributed by atoms with Gasteiger partial charge in [0, 0.05) is 0 Å². The average molecular weight is 248 g/mol. The molecule has 0 aliphatic heterocycles. The molecule has 0 heterocycles. The lowest BCUT2D eigenvalue weighted by Crippen LogP contribution is -2.32. The zero-order valence-electron chi connectivity index (χ0n) is 11.3. The van der Waals surface area contributed by atoms with E-state index in [9.17, 15) is 10.2 Å². The van der Waals surface area contributed by atoms with Crippen molar-refractivity contribution in [3.63, 3.8) is 0 Å². The fraction of sp³-hybridized carbons (Fsp3) is 0.625. The van der Waals surface area contributed by atoms with Crippen LogP contribution in [0.3, 0.4) is 0 Å². The molecule has 2 rings (SSSR count). The van der Waals surface area contributed by atoms with Crippen molar-refractivity contribution >= 4 is 0 Å². The van der Waals surface area contributed by atoms with Gasteiger partial charge in [-0.15, -0.1) is 0 Å². The minimum absolute atomic E-state index is 0.167. The lowest BCUT2D eigenvalue weighted by atomic mass is 9.70. The molecule has 1 saturated carbocycles. The first-order valence-electron chi connectivity index (χ1n) is 7.06. The summed E-state index contributed by atoms with van der Waals surface area (Å²) in [7, 11) is 0. The van der Waals surface area contributed by atoms with Crippen LogP contribution in [0.15, 0.2) is 24.3 Å². The molecule has 0 bridgehead atoms. The van der Waals surface area contributed by atoms with Gasteiger partial charge in [-0.3, -0.25) is 0 Å². The van der Waals surface area contributed by atoms with Gasteiger partial charge in [0.1, 0.15) is 5.75 Å². The van der Waals surface area contributed by atoms with Crippen LogP contribution in [-0.2, 0) is 0 Å². The fourth-order valence-corrected chi connectivity index (χ4v) is 3.38. The summed E-state index contributed by atoms with van der Waals surface area (Å²) in [4.78, 5) is 0. The Kier molecular flexibility index (Phi) is 4.28. The number of aliphatic hydroxyl groups excluding tert-OH is 1. The van der Waals surface area contributed by atoms with E-state index in [1.54, 1.807) is 12.1 Å². The molecular weight excluding hydrogens is 224 g/mol. The van der Waals surface area contributed by atoms with E-state index < -0.39 is 0 Å². The van der Waals surface area contributed by atoms with Crippen molar-refractivity contribution in [2.45, 2.75) is 51.6 Å². The molecule has 2 nitrogen and oxygen atoms in total. The molecule has 0 amide bonds. The molecule has 100 valence electrons. The molecule has 3 unspecified atom stereocenters. The first-order valence-corrected chi connectivity index (χ1v) is 7.06. The summed E-state index contributed by atoms with van der Waals surface area (Å²) in [6, 6.07) is 7.50. The van der Waals surface area contributed by atoms with Gasteiger partial charge in [0.2, 0.25) is 0 Å². The minimum atomic E-state index is -0.167. The van der Waals surface area contributed by atoms with Crippen molar-refractivity contribution in [1.82, 2.24) is 0 Å². The molecule has 0 aromatic heterocycles. The lowest BCUT2D eigenvalue weighted by Gasteiger charge is -2.37. The quantitative estimate of drug-likeness (QED) is 0.856. The second kappa shape index (κ2) is 5.75. The molecular formula is C16H24O2. The van der Waals surface area contributed by atoms with Gasteiger partial charge < -0.3 is 10.2 Å². The summed E-state index contributed by atoms with van der Waals surface area (Å²) in [6.45, 7) is 4.44. The Morgan fingerprint density at radius 3 is 2.22 bits per heavy atom. The van der Waals surface area contributed by atoms with Crippen molar-refractivity contribution in [2.75, 3.05) is 0 Å². The van der Waals surface area contributed by atoms with Crippen LogP contribution in [0.4, 0.5) is 0 Å². The highest BCUT2D eigenvalue weighted by Crippen LogP contribution is 2.40. The van der Waals surface area contributed by atoms with Crippen LogP contribution in [0.25, 0.3) is 0 Å². The second-order valence-electron chi connectivity index (χ2n) is 5.88. The summed E-state index contributed by atoms with van der Waals surface area (Å²) in [5.41, 5.74) is 1.24. The molecule has 3 atom stereocenters. The van der Waals surface area contributed by atoms with E-state index in [0.717, 1.165) is 19.3 Å². The van der Waals surface area contributed by atoms with E-state index in [0.29, 0.717) is 23.5 Å². The van der Waals surface area contributed by atoms with Gasteiger partial charge in [-0.25, -0.2) is 0 Å². The van der Waals surface area contributed by atoms with Crippen LogP contribution >= 0.6 is 0 Å². The number of benzene rings is 1. The number of phenolic OH excluding ortho intramolecular Hbond substituents is 1. The Morgan fingerprint density at radius 2 is 1.67 bits per heavy atom. The van der Waals surface area contributed by atoms with Crippen molar-refractivity contribution in [2.24, 2.45) is 11.8 Å². The van der Waals surface area contributed by atoms with Gasteiger partial charge >= 0.3 is 0 Å². The number of aromatic hydroxyl groups is 1. The first kappa shape index (κ1) is 13.4. The highest BCUT2D eigenvalue weighted by Gasteiger charge is 2.33. The van der Waals surface area contributed by atoms with Gasteiger partial charge in [0.15, 0.2) is 0 Å². The third kappa shape index (κ3) is 2.86. The molecule has 1 aromatic rings. The predicted molar refractivity (Wildman–Crippen MR) is 73.7 cm³/mol. The fourth-order valence-electron chi connectivity index (χ4n) is 3.38. The maximum atomic E-state index is 10.3. The monoisotopic (exact) mass is 248 g/mol. The van der Waals surface area contributed by atoms with E-state index in [-0.39, 0.29) is 6.10 Å². The average Bonchev–Trinajstić information content (AvgIpc) is 2.34. The normalized spacial score (nSPS) is 26.2. The van der Waals surface area contributed by atoms with E-state index in [4.69, 9.17) is 0 Å². The van der Waals surface area contributed by atoms with Crippen molar-refractivity contribution in [1.29, 1.82) is 0 Å². The number of aliphatic hydroxyl groups is 1. The standard InChI is InChI=1S/C16H24O2/c1-11(2)16(12-7-9-13(17)10-8-12)14-5-3-4-6-15(14)18/h7-11,14-18H,3-6H2,1-2H3. The number of hydrogen-bond donors (Lipinski definition) is 2. The highest BCUT2D eigenvalue weighted by molar-refractivity contribution is 5.29. The lowest BCUT2D eigenvalue weighted by molar-refractivity contribution is 0.0454. The molecule has 0 saturated heterocycles.